The van der Waals surface area contributed by atoms with Crippen LogP contribution in [0.2, 0.25) is 0 Å². The highest BCUT2D eigenvalue weighted by Gasteiger charge is 2.19. The van der Waals surface area contributed by atoms with Gasteiger partial charge in [-0.25, -0.2) is 0 Å². The maximum atomic E-state index is 12.5. The minimum Gasteiger partial charge on any atom is -0.370 e. The summed E-state index contributed by atoms with van der Waals surface area (Å²) in [4.78, 5) is 22.1. The number of amides is 1. The van der Waals surface area contributed by atoms with Gasteiger partial charge in [0, 0.05) is 17.4 Å². The van der Waals surface area contributed by atoms with Crippen molar-refractivity contribution in [2.24, 2.45) is 10.7 Å². The van der Waals surface area contributed by atoms with Gasteiger partial charge in [-0.15, -0.1) is 0 Å². The molecule has 2 heterocycles. The molecule has 1 aliphatic rings. The summed E-state index contributed by atoms with van der Waals surface area (Å²) in [5.41, 5.74) is 8.50. The predicted octanol–water partition coefficient (Wildman–Crippen LogP) is 3.00. The molecule has 4 N–H and O–H groups in total. The summed E-state index contributed by atoms with van der Waals surface area (Å²) in [6.07, 6.45) is 3.59. The van der Waals surface area contributed by atoms with Crippen molar-refractivity contribution in [1.82, 2.24) is 15.2 Å². The second-order valence-electron chi connectivity index (χ2n) is 8.33. The van der Waals surface area contributed by atoms with E-state index in [1.54, 1.807) is 0 Å². The summed E-state index contributed by atoms with van der Waals surface area (Å²) in [5.74, 6) is -0.174. The lowest BCUT2D eigenvalue weighted by Crippen LogP contribution is -2.34. The molecule has 1 aromatic carbocycles. The number of likely N-dealkylation sites (tertiary alicyclic amines) is 1. The Morgan fingerprint density at radius 1 is 1.30 bits per heavy atom. The van der Waals surface area contributed by atoms with E-state index in [0.717, 1.165) is 30.4 Å². The number of hydrogen-bond acceptors (Lipinski definition) is 2. The zero-order chi connectivity index (χ0) is 19.4. The smallest absolute Gasteiger partial charge is 0.296 e. The highest BCUT2D eigenvalue weighted by Crippen LogP contribution is 2.30. The lowest BCUT2D eigenvalue weighted by molar-refractivity contribution is 0.0998. The van der Waals surface area contributed by atoms with Crippen molar-refractivity contribution >= 4 is 22.8 Å². The lowest BCUT2D eigenvalue weighted by Gasteiger charge is -2.19. The van der Waals surface area contributed by atoms with Crippen molar-refractivity contribution in [3.05, 3.63) is 35.5 Å². The van der Waals surface area contributed by atoms with Crippen LogP contribution in [0.4, 0.5) is 0 Å². The number of guanidine groups is 1. The molecule has 0 radical (unpaired) electrons. The number of H-pyrrole nitrogens is 1. The predicted molar refractivity (Wildman–Crippen MR) is 111 cm³/mol. The third kappa shape index (κ3) is 4.89. The summed E-state index contributed by atoms with van der Waals surface area (Å²) in [6.45, 7) is 10.7. The first-order valence-corrected chi connectivity index (χ1v) is 9.81. The normalized spacial score (nSPS) is 16.2. The van der Waals surface area contributed by atoms with E-state index in [1.165, 1.54) is 31.5 Å². The average Bonchev–Trinajstić information content (AvgIpc) is 3.26. The molecule has 6 nitrogen and oxygen atoms in total. The van der Waals surface area contributed by atoms with Crippen LogP contribution in [0.5, 0.6) is 0 Å². The van der Waals surface area contributed by atoms with Crippen LogP contribution in [-0.2, 0) is 5.41 Å². The minimum absolute atomic E-state index is 0.00120. The molecule has 146 valence electrons. The van der Waals surface area contributed by atoms with Crippen LogP contribution in [0.25, 0.3) is 10.9 Å². The minimum atomic E-state index is -0.351. The fraction of sp³-hybridized carbons (Fsp3) is 0.524. The van der Waals surface area contributed by atoms with Crippen molar-refractivity contribution < 1.29 is 4.79 Å². The van der Waals surface area contributed by atoms with Crippen molar-refractivity contribution in [1.29, 1.82) is 0 Å². The maximum absolute atomic E-state index is 12.5. The Bertz CT molecular complexity index is 825. The maximum Gasteiger partial charge on any atom is 0.296 e. The van der Waals surface area contributed by atoms with Gasteiger partial charge < -0.3 is 20.9 Å². The Morgan fingerprint density at radius 2 is 2.04 bits per heavy atom. The van der Waals surface area contributed by atoms with E-state index in [-0.39, 0.29) is 17.3 Å². The molecule has 0 saturated carbocycles. The molecular formula is C21H31N5O. The van der Waals surface area contributed by atoms with Gasteiger partial charge in [-0.3, -0.25) is 4.79 Å². The van der Waals surface area contributed by atoms with Gasteiger partial charge in [0.05, 0.1) is 0 Å². The van der Waals surface area contributed by atoms with Crippen molar-refractivity contribution in [2.75, 3.05) is 26.2 Å². The first kappa shape index (κ1) is 19.4. The van der Waals surface area contributed by atoms with Crippen LogP contribution >= 0.6 is 0 Å². The van der Waals surface area contributed by atoms with E-state index in [9.17, 15) is 4.79 Å². The second kappa shape index (κ2) is 8.13. The standard InChI is InChI=1S/C21H31N5O/c1-21(2,3)16-8-6-9-17-15(16)14-18(24-17)19(27)25-20(22)23-10-7-13-26-11-4-5-12-26/h6,8-9,14,24H,4-5,7,10-13H2,1-3H3,(H3,22,23,25,27). The van der Waals surface area contributed by atoms with E-state index in [0.29, 0.717) is 5.69 Å². The molecule has 0 spiro atoms. The zero-order valence-corrected chi connectivity index (χ0v) is 16.6. The average molecular weight is 370 g/mol. The number of fused-ring (bicyclic) bond motifs is 1. The summed E-state index contributed by atoms with van der Waals surface area (Å²) in [5, 5.41) is 4.10. The van der Waals surface area contributed by atoms with E-state index in [4.69, 9.17) is 5.73 Å². The Hall–Kier alpha value is -2.34. The number of rotatable bonds is 5. The third-order valence-electron chi connectivity index (χ3n) is 5.08. The molecule has 3 rings (SSSR count). The number of carbonyl (C=O) groups is 1. The number of nitrogens with two attached hydrogens (primary N) is 1. The molecule has 1 aromatic heterocycles. The van der Waals surface area contributed by atoms with E-state index >= 15 is 0 Å². The Kier molecular flexibility index (Phi) is 5.85. The van der Waals surface area contributed by atoms with Crippen molar-refractivity contribution in [3.8, 4) is 0 Å². The number of aromatic amines is 1. The third-order valence-corrected chi connectivity index (χ3v) is 5.08. The first-order valence-electron chi connectivity index (χ1n) is 9.81. The molecule has 0 atom stereocenters. The number of hydrogen-bond donors (Lipinski definition) is 3. The highest BCUT2D eigenvalue weighted by atomic mass is 16.1. The first-order chi connectivity index (χ1) is 12.8. The van der Waals surface area contributed by atoms with Gasteiger partial charge in [0.2, 0.25) is 0 Å². The number of carbonyl (C=O) groups excluding carboxylic acids is 1. The number of nitrogens with one attached hydrogen (secondary N) is 2. The van der Waals surface area contributed by atoms with E-state index in [2.05, 4.69) is 47.0 Å². The van der Waals surface area contributed by atoms with E-state index in [1.807, 2.05) is 18.2 Å². The molecule has 0 unspecified atom stereocenters. The summed E-state index contributed by atoms with van der Waals surface area (Å²) < 4.78 is 0. The van der Waals surface area contributed by atoms with Crippen LogP contribution in [0.3, 0.4) is 0 Å². The number of nitrogens with zero attached hydrogens (tertiary/aromatic N) is 2. The van der Waals surface area contributed by atoms with Gasteiger partial charge in [0.1, 0.15) is 5.69 Å². The molecule has 0 aliphatic carbocycles. The Morgan fingerprint density at radius 3 is 2.74 bits per heavy atom. The van der Waals surface area contributed by atoms with Gasteiger partial charge >= 0.3 is 0 Å². The topological polar surface area (TPSA) is 86.5 Å². The molecular weight excluding hydrogens is 338 g/mol. The van der Waals surface area contributed by atoms with Crippen LogP contribution in [0.15, 0.2) is 29.3 Å². The molecule has 0 bridgehead atoms. The van der Waals surface area contributed by atoms with Crippen LogP contribution in [-0.4, -0.2) is 47.9 Å². The van der Waals surface area contributed by atoms with Crippen molar-refractivity contribution in [2.45, 2.75) is 45.4 Å². The highest BCUT2D eigenvalue weighted by molar-refractivity contribution is 6.04. The Balaban J connectivity index is 1.62. The fourth-order valence-electron chi connectivity index (χ4n) is 3.66. The molecule has 1 amide bonds. The largest absolute Gasteiger partial charge is 0.370 e. The van der Waals surface area contributed by atoms with Crippen LogP contribution < -0.4 is 11.1 Å². The molecule has 1 aliphatic heterocycles. The molecule has 1 saturated heterocycles. The quantitative estimate of drug-likeness (QED) is 0.430. The fourth-order valence-corrected chi connectivity index (χ4v) is 3.66. The number of benzene rings is 1. The van der Waals surface area contributed by atoms with Gasteiger partial charge in [0.15, 0.2) is 5.96 Å². The monoisotopic (exact) mass is 369 g/mol. The Labute approximate surface area is 161 Å². The number of aliphatic imine (C=N–C) groups is 1. The van der Waals surface area contributed by atoms with Gasteiger partial charge in [-0.1, -0.05) is 32.9 Å². The van der Waals surface area contributed by atoms with Crippen molar-refractivity contribution in [3.63, 3.8) is 0 Å². The van der Waals surface area contributed by atoms with Crippen LogP contribution in [0, 0.1) is 0 Å². The van der Waals surface area contributed by atoms with Gasteiger partial charge in [0.25, 0.3) is 5.91 Å². The lowest BCUT2D eigenvalue weighted by atomic mass is 9.85. The van der Waals surface area contributed by atoms with Gasteiger partial charge in [-0.05, 0) is 62.0 Å². The molecule has 27 heavy (non-hydrogen) atoms. The number of aromatic nitrogens is 1. The molecule has 1 fully saturated rings. The van der Waals surface area contributed by atoms with Gasteiger partial charge in [-0.2, -0.15) is 4.99 Å². The van der Waals surface area contributed by atoms with E-state index < -0.39 is 0 Å². The molecule has 2 aromatic rings. The second-order valence-corrected chi connectivity index (χ2v) is 8.33. The summed E-state index contributed by atoms with van der Waals surface area (Å²) in [7, 11) is 0. The molecule has 6 heteroatoms. The summed E-state index contributed by atoms with van der Waals surface area (Å²) >= 11 is 0. The summed E-state index contributed by atoms with van der Waals surface area (Å²) in [6, 6.07) is 7.96. The zero-order valence-electron chi connectivity index (χ0n) is 16.6. The SMILES string of the molecule is CC(C)(C)c1cccc2[nH]c(C(=O)N=C(N)NCCCN3CCCC3)cc12. The van der Waals surface area contributed by atoms with Crippen LogP contribution in [0.1, 0.15) is 56.1 Å².